The average molecular weight is 497 g/mol. The Labute approximate surface area is 204 Å². The van der Waals surface area contributed by atoms with E-state index in [2.05, 4.69) is 5.32 Å². The number of fused-ring (bicyclic) bond motifs is 1. The van der Waals surface area contributed by atoms with E-state index in [1.165, 1.54) is 19.1 Å². The van der Waals surface area contributed by atoms with Crippen molar-refractivity contribution in [3.8, 4) is 0 Å². The van der Waals surface area contributed by atoms with Gasteiger partial charge in [0.25, 0.3) is 5.91 Å². The highest BCUT2D eigenvalue weighted by Crippen LogP contribution is 2.29. The standard InChI is InChI=1S/C26H28N2O6S/c1-16-11-12-21(13-17(16)2)35(32,33)28-15-20(29)14-24(28)26(31)34-18(3)25(30)27-23-10-6-8-19-7-4-5-9-22(19)23/h4-13,18,20,24,29H,14-15H2,1-3H3,(H,27,30). The SMILES string of the molecule is Cc1ccc(S(=O)(=O)N2CC(O)CC2C(=O)OC(C)C(=O)Nc2cccc3ccccc23)cc1C. The first-order chi connectivity index (χ1) is 16.6. The molecular weight excluding hydrogens is 468 g/mol. The molecule has 9 heteroatoms. The zero-order valence-corrected chi connectivity index (χ0v) is 20.6. The minimum Gasteiger partial charge on any atom is -0.451 e. The summed E-state index contributed by atoms with van der Waals surface area (Å²) in [6.45, 7) is 4.86. The van der Waals surface area contributed by atoms with Crippen molar-refractivity contribution in [2.75, 3.05) is 11.9 Å². The van der Waals surface area contributed by atoms with Crippen LogP contribution in [0, 0.1) is 13.8 Å². The Bertz CT molecular complexity index is 1380. The predicted molar refractivity (Wildman–Crippen MR) is 132 cm³/mol. The third-order valence-corrected chi connectivity index (χ3v) is 8.17. The van der Waals surface area contributed by atoms with Gasteiger partial charge in [0.05, 0.1) is 11.0 Å². The smallest absolute Gasteiger partial charge is 0.325 e. The van der Waals surface area contributed by atoms with Crippen LogP contribution in [0.5, 0.6) is 0 Å². The van der Waals surface area contributed by atoms with Gasteiger partial charge in [-0.05, 0) is 55.5 Å². The molecule has 4 rings (SSSR count). The number of anilines is 1. The molecule has 0 aliphatic carbocycles. The molecule has 2 N–H and O–H groups in total. The molecule has 3 aromatic rings. The molecule has 1 aliphatic rings. The number of hydrogen-bond acceptors (Lipinski definition) is 6. The molecule has 3 unspecified atom stereocenters. The van der Waals surface area contributed by atoms with Crippen LogP contribution in [-0.2, 0) is 24.3 Å². The molecular formula is C26H28N2O6S. The topological polar surface area (TPSA) is 113 Å². The number of carbonyl (C=O) groups excluding carboxylic acids is 2. The lowest BCUT2D eigenvalue weighted by Crippen LogP contribution is -2.43. The van der Waals surface area contributed by atoms with Crippen LogP contribution in [0.4, 0.5) is 5.69 Å². The van der Waals surface area contributed by atoms with Gasteiger partial charge in [-0.25, -0.2) is 8.42 Å². The van der Waals surface area contributed by atoms with E-state index in [1.54, 1.807) is 19.1 Å². The van der Waals surface area contributed by atoms with E-state index in [0.29, 0.717) is 5.69 Å². The second kappa shape index (κ2) is 9.77. The van der Waals surface area contributed by atoms with E-state index in [0.717, 1.165) is 26.2 Å². The molecule has 1 amide bonds. The molecule has 184 valence electrons. The van der Waals surface area contributed by atoms with E-state index in [-0.39, 0.29) is 17.9 Å². The normalized spacial score (nSPS) is 19.4. The first kappa shape index (κ1) is 24.8. The molecule has 1 aliphatic heterocycles. The van der Waals surface area contributed by atoms with Gasteiger partial charge in [0.15, 0.2) is 6.10 Å². The minimum atomic E-state index is -4.06. The van der Waals surface area contributed by atoms with Crippen LogP contribution in [0.1, 0.15) is 24.5 Å². The number of aryl methyl sites for hydroxylation is 2. The van der Waals surface area contributed by atoms with Crippen LogP contribution in [-0.4, -0.2) is 54.5 Å². The number of nitrogens with one attached hydrogen (secondary N) is 1. The van der Waals surface area contributed by atoms with Crippen molar-refractivity contribution in [2.24, 2.45) is 0 Å². The third-order valence-electron chi connectivity index (χ3n) is 6.30. The Hall–Kier alpha value is -3.27. The Morgan fingerprint density at radius 3 is 2.51 bits per heavy atom. The fourth-order valence-electron chi connectivity index (χ4n) is 4.15. The number of amides is 1. The molecule has 0 radical (unpaired) electrons. The summed E-state index contributed by atoms with van der Waals surface area (Å²) in [5.41, 5.74) is 2.31. The van der Waals surface area contributed by atoms with Gasteiger partial charge in [-0.1, -0.05) is 42.5 Å². The van der Waals surface area contributed by atoms with Crippen LogP contribution in [0.2, 0.25) is 0 Å². The summed E-state index contributed by atoms with van der Waals surface area (Å²) >= 11 is 0. The zero-order valence-electron chi connectivity index (χ0n) is 19.8. The second-order valence-corrected chi connectivity index (χ2v) is 10.7. The summed E-state index contributed by atoms with van der Waals surface area (Å²) in [5.74, 6) is -1.42. The first-order valence-corrected chi connectivity index (χ1v) is 12.8. The van der Waals surface area contributed by atoms with Crippen LogP contribution in [0.25, 0.3) is 10.8 Å². The van der Waals surface area contributed by atoms with E-state index < -0.39 is 40.1 Å². The van der Waals surface area contributed by atoms with Crippen molar-refractivity contribution in [1.29, 1.82) is 0 Å². The number of sulfonamides is 1. The monoisotopic (exact) mass is 496 g/mol. The molecule has 0 aromatic heterocycles. The second-order valence-electron chi connectivity index (χ2n) is 8.82. The molecule has 0 spiro atoms. The molecule has 8 nitrogen and oxygen atoms in total. The van der Waals surface area contributed by atoms with E-state index in [9.17, 15) is 23.1 Å². The number of β-amino-alcohol motifs (C(OH)–C–C–N with tert-alkyl or cyclic N) is 1. The number of esters is 1. The number of benzene rings is 3. The van der Waals surface area contributed by atoms with Gasteiger partial charge in [0, 0.05) is 24.0 Å². The summed E-state index contributed by atoms with van der Waals surface area (Å²) in [6.07, 6.45) is -2.31. The molecule has 1 heterocycles. The zero-order chi connectivity index (χ0) is 25.3. The lowest BCUT2D eigenvalue weighted by atomic mass is 10.1. The van der Waals surface area contributed by atoms with Crippen LogP contribution < -0.4 is 5.32 Å². The Morgan fingerprint density at radius 2 is 1.77 bits per heavy atom. The fraction of sp³-hybridized carbons (Fsp3) is 0.308. The number of carbonyl (C=O) groups is 2. The molecule has 1 saturated heterocycles. The Balaban J connectivity index is 1.49. The third kappa shape index (κ3) is 5.07. The van der Waals surface area contributed by atoms with Gasteiger partial charge in [-0.3, -0.25) is 9.59 Å². The Kier molecular flexibility index (Phi) is 6.93. The van der Waals surface area contributed by atoms with Crippen molar-refractivity contribution in [3.63, 3.8) is 0 Å². The number of aliphatic hydroxyl groups excluding tert-OH is 1. The highest BCUT2D eigenvalue weighted by molar-refractivity contribution is 7.89. The predicted octanol–water partition coefficient (Wildman–Crippen LogP) is 3.15. The number of nitrogens with zero attached hydrogens (tertiary/aromatic N) is 1. The molecule has 3 aromatic carbocycles. The number of rotatable bonds is 6. The number of ether oxygens (including phenoxy) is 1. The van der Waals surface area contributed by atoms with Crippen LogP contribution >= 0.6 is 0 Å². The van der Waals surface area contributed by atoms with Crippen molar-refractivity contribution in [2.45, 2.75) is 50.3 Å². The van der Waals surface area contributed by atoms with Crippen LogP contribution in [0.15, 0.2) is 65.6 Å². The minimum absolute atomic E-state index is 0.0363. The van der Waals surface area contributed by atoms with Gasteiger partial charge in [0.1, 0.15) is 6.04 Å². The lowest BCUT2D eigenvalue weighted by molar-refractivity contribution is -0.156. The maximum absolute atomic E-state index is 13.3. The van der Waals surface area contributed by atoms with Gasteiger partial charge in [0.2, 0.25) is 10.0 Å². The number of aliphatic hydroxyl groups is 1. The quantitative estimate of drug-likeness (QED) is 0.507. The van der Waals surface area contributed by atoms with Gasteiger partial charge < -0.3 is 15.2 Å². The van der Waals surface area contributed by atoms with Crippen molar-refractivity contribution < 1.29 is 27.9 Å². The van der Waals surface area contributed by atoms with Crippen molar-refractivity contribution in [3.05, 3.63) is 71.8 Å². The van der Waals surface area contributed by atoms with Gasteiger partial charge >= 0.3 is 5.97 Å². The summed E-state index contributed by atoms with van der Waals surface area (Å²) in [5, 5.41) is 14.7. The summed E-state index contributed by atoms with van der Waals surface area (Å²) in [7, 11) is -4.06. The fourth-order valence-corrected chi connectivity index (χ4v) is 5.86. The van der Waals surface area contributed by atoms with E-state index in [1.807, 2.05) is 43.3 Å². The van der Waals surface area contributed by atoms with Crippen LogP contribution in [0.3, 0.4) is 0 Å². The van der Waals surface area contributed by atoms with Gasteiger partial charge in [-0.15, -0.1) is 0 Å². The summed E-state index contributed by atoms with van der Waals surface area (Å²) in [6, 6.07) is 16.5. The summed E-state index contributed by atoms with van der Waals surface area (Å²) in [4.78, 5) is 25.8. The average Bonchev–Trinajstić information content (AvgIpc) is 3.23. The van der Waals surface area contributed by atoms with Crippen molar-refractivity contribution >= 4 is 38.4 Å². The van der Waals surface area contributed by atoms with Gasteiger partial charge in [-0.2, -0.15) is 4.31 Å². The highest BCUT2D eigenvalue weighted by Gasteiger charge is 2.45. The largest absolute Gasteiger partial charge is 0.451 e. The molecule has 0 saturated carbocycles. The van der Waals surface area contributed by atoms with E-state index in [4.69, 9.17) is 4.74 Å². The molecule has 3 atom stereocenters. The van der Waals surface area contributed by atoms with E-state index >= 15 is 0 Å². The summed E-state index contributed by atoms with van der Waals surface area (Å²) < 4.78 is 32.9. The maximum Gasteiger partial charge on any atom is 0.325 e. The number of hydrogen-bond donors (Lipinski definition) is 2. The molecule has 35 heavy (non-hydrogen) atoms. The molecule has 0 bridgehead atoms. The first-order valence-electron chi connectivity index (χ1n) is 11.3. The lowest BCUT2D eigenvalue weighted by Gasteiger charge is -2.24. The highest BCUT2D eigenvalue weighted by atomic mass is 32.2. The van der Waals surface area contributed by atoms with Crippen molar-refractivity contribution in [1.82, 2.24) is 4.31 Å². The molecule has 1 fully saturated rings. The maximum atomic E-state index is 13.3. The Morgan fingerprint density at radius 1 is 1.06 bits per heavy atom.